The molecule has 1 N–H and O–H groups in total. The number of rotatable bonds is 3. The van der Waals surface area contributed by atoms with Crippen LogP contribution in [-0.2, 0) is 11.2 Å². The highest BCUT2D eigenvalue weighted by Gasteiger charge is 2.21. The van der Waals surface area contributed by atoms with Crippen LogP contribution in [0, 0.1) is 5.82 Å². The van der Waals surface area contributed by atoms with Crippen LogP contribution in [0.3, 0.4) is 0 Å². The first-order valence-electron chi connectivity index (χ1n) is 4.47. The lowest BCUT2D eigenvalue weighted by Crippen LogP contribution is -2.01. The predicted octanol–water partition coefficient (Wildman–Crippen LogP) is 1.57. The Labute approximate surface area is 85.2 Å². The summed E-state index contributed by atoms with van der Waals surface area (Å²) in [6.45, 7) is 0.0544. The Kier molecular flexibility index (Phi) is 2.45. The van der Waals surface area contributed by atoms with Gasteiger partial charge < -0.3 is 14.6 Å². The lowest BCUT2D eigenvalue weighted by molar-refractivity contribution is -0.136. The molecule has 1 heterocycles. The smallest absolute Gasteiger partial charge is 0.303 e. The Balaban J connectivity index is 2.28. The number of ether oxygens (including phenoxy) is 2. The van der Waals surface area contributed by atoms with E-state index >= 15 is 0 Å². The molecule has 1 aromatic carbocycles. The molecule has 2 rings (SSSR count). The van der Waals surface area contributed by atoms with Gasteiger partial charge >= 0.3 is 5.97 Å². The van der Waals surface area contributed by atoms with Crippen LogP contribution in [-0.4, -0.2) is 17.9 Å². The SMILES string of the molecule is O=C(O)CCc1c(F)ccc2c1OCO2. The molecule has 0 saturated carbocycles. The summed E-state index contributed by atoms with van der Waals surface area (Å²) < 4.78 is 23.5. The number of carbonyl (C=O) groups is 1. The fourth-order valence-corrected chi connectivity index (χ4v) is 1.47. The summed E-state index contributed by atoms with van der Waals surface area (Å²) in [6.07, 6.45) is -0.0234. The number of hydrogen-bond acceptors (Lipinski definition) is 3. The molecule has 0 radical (unpaired) electrons. The molecule has 15 heavy (non-hydrogen) atoms. The van der Waals surface area contributed by atoms with Gasteiger partial charge in [0.2, 0.25) is 6.79 Å². The van der Waals surface area contributed by atoms with E-state index < -0.39 is 11.8 Å². The molecule has 0 spiro atoms. The van der Waals surface area contributed by atoms with E-state index in [1.54, 1.807) is 0 Å². The van der Waals surface area contributed by atoms with Crippen molar-refractivity contribution in [3.63, 3.8) is 0 Å². The van der Waals surface area contributed by atoms with Crippen LogP contribution in [0.15, 0.2) is 12.1 Å². The van der Waals surface area contributed by atoms with Gasteiger partial charge in [0.05, 0.1) is 0 Å². The van der Waals surface area contributed by atoms with Gasteiger partial charge in [0.25, 0.3) is 0 Å². The lowest BCUT2D eigenvalue weighted by atomic mass is 10.1. The molecule has 0 bridgehead atoms. The quantitative estimate of drug-likeness (QED) is 0.826. The molecule has 0 aromatic heterocycles. The Bertz CT molecular complexity index is 403. The van der Waals surface area contributed by atoms with Gasteiger partial charge in [-0.25, -0.2) is 4.39 Å². The van der Waals surface area contributed by atoms with Crippen LogP contribution in [0.4, 0.5) is 4.39 Å². The number of halogens is 1. The van der Waals surface area contributed by atoms with Crippen LogP contribution in [0.2, 0.25) is 0 Å². The van der Waals surface area contributed by atoms with Gasteiger partial charge in [-0.05, 0) is 18.6 Å². The Morgan fingerprint density at radius 2 is 2.27 bits per heavy atom. The van der Waals surface area contributed by atoms with Crippen molar-refractivity contribution >= 4 is 5.97 Å². The predicted molar refractivity (Wildman–Crippen MR) is 48.5 cm³/mol. The summed E-state index contributed by atoms with van der Waals surface area (Å²) in [5.41, 5.74) is 0.271. The lowest BCUT2D eigenvalue weighted by Gasteiger charge is -2.05. The van der Waals surface area contributed by atoms with Gasteiger partial charge in [-0.1, -0.05) is 0 Å². The molecular formula is C10H9FO4. The Morgan fingerprint density at radius 1 is 1.47 bits per heavy atom. The molecule has 0 atom stereocenters. The van der Waals surface area contributed by atoms with Gasteiger partial charge in [-0.3, -0.25) is 4.79 Å². The molecular weight excluding hydrogens is 203 g/mol. The third-order valence-electron chi connectivity index (χ3n) is 2.17. The largest absolute Gasteiger partial charge is 0.481 e. The standard InChI is InChI=1S/C10H9FO4/c11-7-2-3-8-10(15-5-14-8)6(7)1-4-9(12)13/h2-3H,1,4-5H2,(H,12,13). The van der Waals surface area contributed by atoms with E-state index in [9.17, 15) is 9.18 Å². The first-order chi connectivity index (χ1) is 7.18. The van der Waals surface area contributed by atoms with E-state index in [0.717, 1.165) is 0 Å². The summed E-state index contributed by atoms with van der Waals surface area (Å²) in [6, 6.07) is 2.73. The van der Waals surface area contributed by atoms with Crippen molar-refractivity contribution in [1.82, 2.24) is 0 Å². The second-order valence-corrected chi connectivity index (χ2v) is 3.15. The van der Waals surface area contributed by atoms with E-state index in [4.69, 9.17) is 14.6 Å². The fourth-order valence-electron chi connectivity index (χ4n) is 1.47. The minimum atomic E-state index is -0.967. The molecule has 0 saturated heterocycles. The van der Waals surface area contributed by atoms with E-state index in [2.05, 4.69) is 0 Å². The third-order valence-corrected chi connectivity index (χ3v) is 2.17. The summed E-state index contributed by atoms with van der Waals surface area (Å²) in [4.78, 5) is 10.4. The molecule has 80 valence electrons. The minimum Gasteiger partial charge on any atom is -0.481 e. The van der Waals surface area contributed by atoms with Crippen LogP contribution < -0.4 is 9.47 Å². The number of fused-ring (bicyclic) bond motifs is 1. The second-order valence-electron chi connectivity index (χ2n) is 3.15. The van der Waals surface area contributed by atoms with Crippen LogP contribution in [0.5, 0.6) is 11.5 Å². The van der Waals surface area contributed by atoms with E-state index in [1.807, 2.05) is 0 Å². The highest BCUT2D eigenvalue weighted by molar-refractivity contribution is 5.67. The van der Waals surface area contributed by atoms with Crippen molar-refractivity contribution in [2.75, 3.05) is 6.79 Å². The average molecular weight is 212 g/mol. The van der Waals surface area contributed by atoms with Crippen LogP contribution in [0.1, 0.15) is 12.0 Å². The summed E-state index contributed by atoms with van der Waals surface area (Å²) in [5.74, 6) is -0.626. The first-order valence-corrected chi connectivity index (χ1v) is 4.47. The normalized spacial score (nSPS) is 12.9. The van der Waals surface area contributed by atoms with E-state index in [-0.39, 0.29) is 25.2 Å². The summed E-state index contributed by atoms with van der Waals surface area (Å²) in [5, 5.41) is 8.52. The molecule has 4 nitrogen and oxygen atoms in total. The van der Waals surface area contributed by atoms with Crippen molar-refractivity contribution in [3.8, 4) is 11.5 Å². The van der Waals surface area contributed by atoms with E-state index in [1.165, 1.54) is 12.1 Å². The number of carboxylic acid groups (broad SMARTS) is 1. The van der Waals surface area contributed by atoms with Crippen molar-refractivity contribution in [3.05, 3.63) is 23.5 Å². The van der Waals surface area contributed by atoms with Crippen LogP contribution >= 0.6 is 0 Å². The number of hydrogen-bond donors (Lipinski definition) is 1. The van der Waals surface area contributed by atoms with Crippen molar-refractivity contribution < 1.29 is 23.8 Å². The zero-order valence-corrected chi connectivity index (χ0v) is 7.83. The number of carboxylic acids is 1. The third kappa shape index (κ3) is 1.86. The zero-order valence-electron chi connectivity index (χ0n) is 7.83. The molecule has 0 amide bonds. The monoisotopic (exact) mass is 212 g/mol. The minimum absolute atomic E-state index is 0.0544. The molecule has 0 unspecified atom stereocenters. The maximum Gasteiger partial charge on any atom is 0.303 e. The topological polar surface area (TPSA) is 55.8 Å². The second kappa shape index (κ2) is 3.76. The van der Waals surface area contributed by atoms with Gasteiger partial charge in [0.15, 0.2) is 11.5 Å². The molecule has 1 aromatic rings. The Hall–Kier alpha value is -1.78. The van der Waals surface area contributed by atoms with Gasteiger partial charge in [0.1, 0.15) is 5.82 Å². The molecule has 0 fully saturated rings. The summed E-state index contributed by atoms with van der Waals surface area (Å²) in [7, 11) is 0. The molecule has 0 aliphatic carbocycles. The van der Waals surface area contributed by atoms with Crippen molar-refractivity contribution in [2.24, 2.45) is 0 Å². The van der Waals surface area contributed by atoms with Crippen molar-refractivity contribution in [2.45, 2.75) is 12.8 Å². The summed E-state index contributed by atoms with van der Waals surface area (Å²) >= 11 is 0. The highest BCUT2D eigenvalue weighted by atomic mass is 19.1. The maximum atomic E-state index is 13.4. The van der Waals surface area contributed by atoms with Crippen LogP contribution in [0.25, 0.3) is 0 Å². The zero-order chi connectivity index (χ0) is 10.8. The molecule has 1 aliphatic rings. The average Bonchev–Trinajstić information content (AvgIpc) is 2.63. The van der Waals surface area contributed by atoms with Gasteiger partial charge in [0, 0.05) is 12.0 Å². The van der Waals surface area contributed by atoms with E-state index in [0.29, 0.717) is 11.5 Å². The van der Waals surface area contributed by atoms with Gasteiger partial charge in [-0.15, -0.1) is 0 Å². The first kappa shape index (κ1) is 9.76. The number of aliphatic carboxylic acids is 1. The number of benzene rings is 1. The Morgan fingerprint density at radius 3 is 3.00 bits per heavy atom. The highest BCUT2D eigenvalue weighted by Crippen LogP contribution is 2.37. The van der Waals surface area contributed by atoms with Gasteiger partial charge in [-0.2, -0.15) is 0 Å². The molecule has 1 aliphatic heterocycles. The molecule has 5 heteroatoms. The van der Waals surface area contributed by atoms with Crippen molar-refractivity contribution in [1.29, 1.82) is 0 Å². The maximum absolute atomic E-state index is 13.4. The fraction of sp³-hybridized carbons (Fsp3) is 0.300.